The van der Waals surface area contributed by atoms with Crippen molar-refractivity contribution in [2.75, 3.05) is 13.2 Å². The Bertz CT molecular complexity index is 146. The molecule has 0 spiro atoms. The molecule has 13 heavy (non-hydrogen) atoms. The second-order valence-corrected chi connectivity index (χ2v) is 3.59. The van der Waals surface area contributed by atoms with Crippen molar-refractivity contribution in [1.82, 2.24) is 5.32 Å². The molecular weight excluding hydrogens is 166 g/mol. The van der Waals surface area contributed by atoms with E-state index in [9.17, 15) is 4.79 Å². The van der Waals surface area contributed by atoms with E-state index in [1.54, 1.807) is 0 Å². The lowest BCUT2D eigenvalue weighted by Gasteiger charge is -2.11. The number of rotatable bonds is 7. The summed E-state index contributed by atoms with van der Waals surface area (Å²) in [6.45, 7) is 8.65. The third kappa shape index (κ3) is 7.94. The van der Waals surface area contributed by atoms with Crippen molar-refractivity contribution in [2.45, 2.75) is 46.3 Å². The fourth-order valence-corrected chi connectivity index (χ4v) is 0.743. The van der Waals surface area contributed by atoms with Gasteiger partial charge in [-0.25, -0.2) is 0 Å². The van der Waals surface area contributed by atoms with Crippen molar-refractivity contribution in [2.24, 2.45) is 0 Å². The zero-order chi connectivity index (χ0) is 10.3. The van der Waals surface area contributed by atoms with Gasteiger partial charge in [0.1, 0.15) is 6.61 Å². The van der Waals surface area contributed by atoms with Gasteiger partial charge in [-0.2, -0.15) is 0 Å². The summed E-state index contributed by atoms with van der Waals surface area (Å²) in [6.07, 6.45) is 1.17. The van der Waals surface area contributed by atoms with Crippen molar-refractivity contribution in [3.63, 3.8) is 0 Å². The van der Waals surface area contributed by atoms with Crippen LogP contribution in [0.15, 0.2) is 0 Å². The lowest BCUT2D eigenvalue weighted by atomic mass is 10.2. The van der Waals surface area contributed by atoms with Gasteiger partial charge in [0.15, 0.2) is 5.78 Å². The summed E-state index contributed by atoms with van der Waals surface area (Å²) in [4.78, 5) is 11.2. The Labute approximate surface area is 80.8 Å². The van der Waals surface area contributed by atoms with Gasteiger partial charge in [0.2, 0.25) is 0 Å². The molecular formula is C10H21NO2. The zero-order valence-corrected chi connectivity index (χ0v) is 9.09. The number of Topliss-reactive ketones (excluding diaryl/α,β-unsaturated/α-hetero) is 1. The molecule has 0 aliphatic heterocycles. The number of ether oxygens (including phenoxy) is 1. The van der Waals surface area contributed by atoms with E-state index in [2.05, 4.69) is 19.2 Å². The maximum absolute atomic E-state index is 11.2. The Kier molecular flexibility index (Phi) is 6.82. The number of hydrogen-bond donors (Lipinski definition) is 1. The third-order valence-corrected chi connectivity index (χ3v) is 1.84. The van der Waals surface area contributed by atoms with Crippen LogP contribution in [0.2, 0.25) is 0 Å². The average Bonchev–Trinajstić information content (AvgIpc) is 2.10. The Balaban J connectivity index is 3.40. The number of nitrogens with one attached hydrogen (secondary N) is 1. The topological polar surface area (TPSA) is 38.3 Å². The van der Waals surface area contributed by atoms with Gasteiger partial charge in [0, 0.05) is 6.04 Å². The monoisotopic (exact) mass is 187 g/mol. The van der Waals surface area contributed by atoms with Crippen LogP contribution in [-0.4, -0.2) is 31.1 Å². The lowest BCUT2D eigenvalue weighted by molar-refractivity contribution is -0.124. The molecule has 0 aromatic rings. The second kappa shape index (κ2) is 7.04. The molecule has 1 N–H and O–H groups in total. The first kappa shape index (κ1) is 12.6. The van der Waals surface area contributed by atoms with Crippen LogP contribution in [0, 0.1) is 0 Å². The summed E-state index contributed by atoms with van der Waals surface area (Å²) in [5.74, 6) is 0.119. The summed E-state index contributed by atoms with van der Waals surface area (Å²) in [7, 11) is 0. The molecule has 0 aromatic carbocycles. The zero-order valence-electron chi connectivity index (χ0n) is 9.09. The summed E-state index contributed by atoms with van der Waals surface area (Å²) in [6, 6.07) is 0.406. The van der Waals surface area contributed by atoms with E-state index in [0.717, 1.165) is 6.42 Å². The minimum Gasteiger partial charge on any atom is -0.371 e. The van der Waals surface area contributed by atoms with Gasteiger partial charge in [-0.1, -0.05) is 6.92 Å². The van der Waals surface area contributed by atoms with Gasteiger partial charge >= 0.3 is 0 Å². The van der Waals surface area contributed by atoms with Crippen molar-refractivity contribution in [1.29, 1.82) is 0 Å². The molecule has 1 atom stereocenters. The Morgan fingerprint density at radius 1 is 1.38 bits per heavy atom. The van der Waals surface area contributed by atoms with Gasteiger partial charge in [0.25, 0.3) is 0 Å². The van der Waals surface area contributed by atoms with Crippen LogP contribution in [0.1, 0.15) is 34.1 Å². The molecule has 0 fully saturated rings. The SMILES string of the molecule is CCC(C)NCC(=O)COC(C)C. The molecule has 0 radical (unpaired) electrons. The molecule has 1 unspecified atom stereocenters. The highest BCUT2D eigenvalue weighted by molar-refractivity contribution is 5.81. The van der Waals surface area contributed by atoms with E-state index in [1.807, 2.05) is 13.8 Å². The average molecular weight is 187 g/mol. The molecule has 0 bridgehead atoms. The van der Waals surface area contributed by atoms with E-state index in [0.29, 0.717) is 12.6 Å². The fourth-order valence-electron chi connectivity index (χ4n) is 0.743. The standard InChI is InChI=1S/C10H21NO2/c1-5-9(4)11-6-10(12)7-13-8(2)3/h8-9,11H,5-7H2,1-4H3. The van der Waals surface area contributed by atoms with Gasteiger partial charge in [0.05, 0.1) is 12.6 Å². The van der Waals surface area contributed by atoms with E-state index in [-0.39, 0.29) is 18.5 Å². The summed E-state index contributed by atoms with van der Waals surface area (Å²) < 4.78 is 5.18. The van der Waals surface area contributed by atoms with Crippen LogP contribution in [0.25, 0.3) is 0 Å². The van der Waals surface area contributed by atoms with E-state index >= 15 is 0 Å². The van der Waals surface area contributed by atoms with Crippen LogP contribution in [0.3, 0.4) is 0 Å². The Morgan fingerprint density at radius 2 is 2.00 bits per heavy atom. The van der Waals surface area contributed by atoms with Crippen LogP contribution in [0.5, 0.6) is 0 Å². The molecule has 3 nitrogen and oxygen atoms in total. The van der Waals surface area contributed by atoms with Gasteiger partial charge < -0.3 is 10.1 Å². The number of hydrogen-bond acceptors (Lipinski definition) is 3. The largest absolute Gasteiger partial charge is 0.371 e. The van der Waals surface area contributed by atoms with Crippen molar-refractivity contribution < 1.29 is 9.53 Å². The Morgan fingerprint density at radius 3 is 2.46 bits per heavy atom. The number of ketones is 1. The molecule has 0 heterocycles. The maximum Gasteiger partial charge on any atom is 0.172 e. The van der Waals surface area contributed by atoms with Gasteiger partial charge in [-0.05, 0) is 27.2 Å². The second-order valence-electron chi connectivity index (χ2n) is 3.59. The first-order valence-electron chi connectivity index (χ1n) is 4.93. The van der Waals surface area contributed by atoms with Gasteiger partial charge in [-0.3, -0.25) is 4.79 Å². The Hall–Kier alpha value is -0.410. The minimum absolute atomic E-state index is 0.119. The minimum atomic E-state index is 0.119. The number of carbonyl (C=O) groups is 1. The highest BCUT2D eigenvalue weighted by atomic mass is 16.5. The quantitative estimate of drug-likeness (QED) is 0.654. The van der Waals surface area contributed by atoms with E-state index < -0.39 is 0 Å². The summed E-state index contributed by atoms with van der Waals surface area (Å²) in [5, 5.41) is 3.13. The van der Waals surface area contributed by atoms with Crippen LogP contribution in [0.4, 0.5) is 0 Å². The number of carbonyl (C=O) groups excluding carboxylic acids is 1. The van der Waals surface area contributed by atoms with Crippen LogP contribution in [-0.2, 0) is 9.53 Å². The van der Waals surface area contributed by atoms with Crippen molar-refractivity contribution in [3.05, 3.63) is 0 Å². The molecule has 0 rings (SSSR count). The predicted molar refractivity (Wildman–Crippen MR) is 53.9 cm³/mol. The molecule has 0 saturated heterocycles. The van der Waals surface area contributed by atoms with Crippen LogP contribution < -0.4 is 5.32 Å². The van der Waals surface area contributed by atoms with Gasteiger partial charge in [-0.15, -0.1) is 0 Å². The summed E-state index contributed by atoms with van der Waals surface area (Å²) in [5.41, 5.74) is 0. The lowest BCUT2D eigenvalue weighted by Crippen LogP contribution is -2.33. The molecule has 0 aliphatic rings. The first-order valence-corrected chi connectivity index (χ1v) is 4.93. The van der Waals surface area contributed by atoms with Crippen molar-refractivity contribution >= 4 is 5.78 Å². The van der Waals surface area contributed by atoms with E-state index in [4.69, 9.17) is 4.74 Å². The third-order valence-electron chi connectivity index (χ3n) is 1.84. The molecule has 78 valence electrons. The predicted octanol–water partition coefficient (Wildman–Crippen LogP) is 1.37. The van der Waals surface area contributed by atoms with Crippen LogP contribution >= 0.6 is 0 Å². The molecule has 3 heteroatoms. The first-order chi connectivity index (χ1) is 6.06. The highest BCUT2D eigenvalue weighted by Crippen LogP contribution is 1.89. The molecule has 0 aliphatic carbocycles. The normalized spacial score (nSPS) is 13.3. The highest BCUT2D eigenvalue weighted by Gasteiger charge is 2.04. The fraction of sp³-hybridized carbons (Fsp3) is 0.900. The van der Waals surface area contributed by atoms with Crippen molar-refractivity contribution in [3.8, 4) is 0 Å². The smallest absolute Gasteiger partial charge is 0.172 e. The maximum atomic E-state index is 11.2. The molecule has 0 amide bonds. The van der Waals surface area contributed by atoms with E-state index in [1.165, 1.54) is 0 Å². The molecule has 0 saturated carbocycles. The molecule has 0 aromatic heterocycles. The summed E-state index contributed by atoms with van der Waals surface area (Å²) >= 11 is 0.